The molecule has 1 aromatic heterocycles. The summed E-state index contributed by atoms with van der Waals surface area (Å²) in [5, 5.41) is 3.54. The summed E-state index contributed by atoms with van der Waals surface area (Å²) in [5.74, 6) is 1.52. The number of nitrogens with one attached hydrogen (secondary N) is 1. The van der Waals surface area contributed by atoms with Crippen molar-refractivity contribution >= 4 is 40.8 Å². The van der Waals surface area contributed by atoms with Crippen LogP contribution in [0.2, 0.25) is 5.28 Å². The highest BCUT2D eigenvalue weighted by Crippen LogP contribution is 2.37. The Balaban J connectivity index is 1.73. The van der Waals surface area contributed by atoms with Crippen molar-refractivity contribution in [2.75, 3.05) is 17.7 Å². The van der Waals surface area contributed by atoms with E-state index in [0.717, 1.165) is 39.8 Å². The van der Waals surface area contributed by atoms with E-state index in [2.05, 4.69) is 15.3 Å². The van der Waals surface area contributed by atoms with Gasteiger partial charge in [0.25, 0.3) is 0 Å². The molecular formula is C16H16ClN3O2S. The quantitative estimate of drug-likeness (QED) is 0.657. The van der Waals surface area contributed by atoms with Crippen molar-refractivity contribution in [3.05, 3.63) is 40.8 Å². The molecule has 23 heavy (non-hydrogen) atoms. The molecule has 0 radical (unpaired) electrons. The molecule has 0 fully saturated rings. The van der Waals surface area contributed by atoms with E-state index in [4.69, 9.17) is 16.3 Å². The van der Waals surface area contributed by atoms with Gasteiger partial charge in [-0.3, -0.25) is 4.79 Å². The zero-order chi connectivity index (χ0) is 16.2. The van der Waals surface area contributed by atoms with Gasteiger partial charge in [-0.2, -0.15) is 4.98 Å². The monoisotopic (exact) mass is 349 g/mol. The van der Waals surface area contributed by atoms with Crippen LogP contribution in [0.15, 0.2) is 29.2 Å². The SMILES string of the molecule is CCOC(=O)Cc1ccc(Nc2nc(Cl)nc3c2SCC3)cc1. The lowest BCUT2D eigenvalue weighted by Gasteiger charge is -2.10. The number of benzene rings is 1. The van der Waals surface area contributed by atoms with Crippen LogP contribution < -0.4 is 5.32 Å². The van der Waals surface area contributed by atoms with E-state index in [1.54, 1.807) is 18.7 Å². The van der Waals surface area contributed by atoms with Crippen LogP contribution >= 0.6 is 23.4 Å². The second-order valence-electron chi connectivity index (χ2n) is 5.02. The number of aromatic nitrogens is 2. The summed E-state index contributed by atoms with van der Waals surface area (Å²) < 4.78 is 4.95. The van der Waals surface area contributed by atoms with E-state index in [1.807, 2.05) is 24.3 Å². The van der Waals surface area contributed by atoms with E-state index in [9.17, 15) is 4.79 Å². The molecule has 1 N–H and O–H groups in total. The third-order valence-corrected chi connectivity index (χ3v) is 4.66. The van der Waals surface area contributed by atoms with Crippen LogP contribution in [0, 0.1) is 0 Å². The lowest BCUT2D eigenvalue weighted by atomic mass is 10.1. The lowest BCUT2D eigenvalue weighted by molar-refractivity contribution is -0.142. The van der Waals surface area contributed by atoms with E-state index < -0.39 is 0 Å². The molecule has 3 rings (SSSR count). The highest BCUT2D eigenvalue weighted by atomic mass is 35.5. The second kappa shape index (κ2) is 7.19. The number of hydrogen-bond donors (Lipinski definition) is 1. The summed E-state index contributed by atoms with van der Waals surface area (Å²) in [4.78, 5) is 21.1. The second-order valence-corrected chi connectivity index (χ2v) is 6.46. The van der Waals surface area contributed by atoms with Crippen molar-refractivity contribution in [1.82, 2.24) is 9.97 Å². The van der Waals surface area contributed by atoms with Crippen LogP contribution in [0.1, 0.15) is 18.2 Å². The van der Waals surface area contributed by atoms with E-state index in [-0.39, 0.29) is 17.7 Å². The molecule has 0 aliphatic carbocycles. The molecule has 0 bridgehead atoms. The summed E-state index contributed by atoms with van der Waals surface area (Å²) >= 11 is 7.72. The standard InChI is InChI=1S/C16H16ClN3O2S/c1-2-22-13(21)9-10-3-5-11(6-4-10)18-15-14-12(7-8-23-14)19-16(17)20-15/h3-6H,2,7-9H2,1H3,(H,18,19,20). The topological polar surface area (TPSA) is 64.1 Å². The van der Waals surface area contributed by atoms with Gasteiger partial charge in [0.1, 0.15) is 5.82 Å². The van der Waals surface area contributed by atoms with Crippen molar-refractivity contribution in [1.29, 1.82) is 0 Å². The Bertz CT molecular complexity index is 722. The smallest absolute Gasteiger partial charge is 0.310 e. The fourth-order valence-corrected chi connectivity index (χ4v) is 3.58. The minimum Gasteiger partial charge on any atom is -0.466 e. The van der Waals surface area contributed by atoms with Crippen molar-refractivity contribution in [2.24, 2.45) is 0 Å². The zero-order valence-corrected chi connectivity index (χ0v) is 14.2. The number of carbonyl (C=O) groups is 1. The van der Waals surface area contributed by atoms with Gasteiger partial charge in [-0.05, 0) is 36.2 Å². The third-order valence-electron chi connectivity index (χ3n) is 3.36. The van der Waals surface area contributed by atoms with Gasteiger partial charge in [0.05, 0.1) is 23.6 Å². The van der Waals surface area contributed by atoms with E-state index in [1.165, 1.54) is 0 Å². The fraction of sp³-hybridized carbons (Fsp3) is 0.312. The van der Waals surface area contributed by atoms with Crippen molar-refractivity contribution < 1.29 is 9.53 Å². The Morgan fingerprint density at radius 1 is 1.35 bits per heavy atom. The molecule has 2 heterocycles. The molecule has 7 heteroatoms. The van der Waals surface area contributed by atoms with Gasteiger partial charge in [-0.25, -0.2) is 4.98 Å². The molecule has 0 saturated carbocycles. The number of fused-ring (bicyclic) bond motifs is 1. The number of hydrogen-bond acceptors (Lipinski definition) is 6. The van der Waals surface area contributed by atoms with Gasteiger partial charge in [0.15, 0.2) is 0 Å². The predicted molar refractivity (Wildman–Crippen MR) is 91.5 cm³/mol. The van der Waals surface area contributed by atoms with Crippen molar-refractivity contribution in [3.8, 4) is 0 Å². The maximum atomic E-state index is 11.5. The maximum Gasteiger partial charge on any atom is 0.310 e. The first-order valence-electron chi connectivity index (χ1n) is 7.36. The van der Waals surface area contributed by atoms with Crippen LogP contribution in [-0.2, 0) is 22.4 Å². The highest BCUT2D eigenvalue weighted by Gasteiger charge is 2.19. The molecule has 5 nitrogen and oxygen atoms in total. The number of halogens is 1. The number of thioether (sulfide) groups is 1. The number of carbonyl (C=O) groups excluding carboxylic acids is 1. The van der Waals surface area contributed by atoms with Gasteiger partial charge in [-0.15, -0.1) is 11.8 Å². The molecule has 120 valence electrons. The number of aryl methyl sites for hydroxylation is 1. The molecule has 1 aliphatic rings. The molecule has 0 spiro atoms. The summed E-state index contributed by atoms with van der Waals surface area (Å²) in [6, 6.07) is 7.62. The molecule has 0 saturated heterocycles. The molecule has 0 unspecified atom stereocenters. The van der Waals surface area contributed by atoms with Crippen LogP contribution in [-0.4, -0.2) is 28.3 Å². The average Bonchev–Trinajstić information content (AvgIpc) is 2.98. The first kappa shape index (κ1) is 16.1. The predicted octanol–water partition coefficient (Wildman–Crippen LogP) is 3.63. The number of anilines is 2. The number of esters is 1. The molecule has 0 amide bonds. The van der Waals surface area contributed by atoms with Crippen molar-refractivity contribution in [3.63, 3.8) is 0 Å². The van der Waals surface area contributed by atoms with Crippen LogP contribution in [0.4, 0.5) is 11.5 Å². The van der Waals surface area contributed by atoms with Gasteiger partial charge < -0.3 is 10.1 Å². The van der Waals surface area contributed by atoms with E-state index in [0.29, 0.717) is 6.61 Å². The third kappa shape index (κ3) is 3.95. The summed E-state index contributed by atoms with van der Waals surface area (Å²) in [5.41, 5.74) is 2.80. The first-order valence-corrected chi connectivity index (χ1v) is 8.73. The van der Waals surface area contributed by atoms with Crippen molar-refractivity contribution in [2.45, 2.75) is 24.7 Å². The Morgan fingerprint density at radius 2 is 2.13 bits per heavy atom. The molecule has 2 aromatic rings. The lowest BCUT2D eigenvalue weighted by Crippen LogP contribution is -2.07. The zero-order valence-electron chi connectivity index (χ0n) is 12.6. The Labute approximate surface area is 143 Å². The van der Waals surface area contributed by atoms with Crippen LogP contribution in [0.5, 0.6) is 0 Å². The molecule has 1 aliphatic heterocycles. The molecule has 1 aromatic carbocycles. The summed E-state index contributed by atoms with van der Waals surface area (Å²) in [6.45, 7) is 2.20. The normalized spacial score (nSPS) is 12.8. The van der Waals surface area contributed by atoms with Crippen LogP contribution in [0.25, 0.3) is 0 Å². The first-order chi connectivity index (χ1) is 11.2. The fourth-order valence-electron chi connectivity index (χ4n) is 2.34. The molecule has 0 atom stereocenters. The number of ether oxygens (including phenoxy) is 1. The minimum atomic E-state index is -0.218. The summed E-state index contributed by atoms with van der Waals surface area (Å²) in [7, 11) is 0. The van der Waals surface area contributed by atoms with E-state index >= 15 is 0 Å². The Morgan fingerprint density at radius 3 is 2.87 bits per heavy atom. The van der Waals surface area contributed by atoms with Gasteiger partial charge in [0, 0.05) is 17.9 Å². The molecular weight excluding hydrogens is 334 g/mol. The number of rotatable bonds is 5. The average molecular weight is 350 g/mol. The Kier molecular flexibility index (Phi) is 5.03. The maximum absolute atomic E-state index is 11.5. The summed E-state index contributed by atoms with van der Waals surface area (Å²) in [6.07, 6.45) is 1.19. The Hall–Kier alpha value is -1.79. The highest BCUT2D eigenvalue weighted by molar-refractivity contribution is 7.99. The number of nitrogens with zero attached hydrogens (tertiary/aromatic N) is 2. The van der Waals surface area contributed by atoms with Crippen LogP contribution in [0.3, 0.4) is 0 Å². The minimum absolute atomic E-state index is 0.218. The van der Waals surface area contributed by atoms with Gasteiger partial charge in [0.2, 0.25) is 5.28 Å². The van der Waals surface area contributed by atoms with Gasteiger partial charge in [-0.1, -0.05) is 12.1 Å². The largest absolute Gasteiger partial charge is 0.466 e. The van der Waals surface area contributed by atoms with Gasteiger partial charge >= 0.3 is 5.97 Å².